The van der Waals surface area contributed by atoms with Crippen molar-refractivity contribution in [2.24, 2.45) is 0 Å². The second-order valence-electron chi connectivity index (χ2n) is 7.12. The van der Waals surface area contributed by atoms with Crippen molar-refractivity contribution in [3.63, 3.8) is 0 Å². The first-order valence-electron chi connectivity index (χ1n) is 8.11. The molecule has 1 unspecified atom stereocenters. The average molecular weight is 417 g/mol. The van der Waals surface area contributed by atoms with Crippen LogP contribution in [-0.2, 0) is 5.41 Å². The number of nitro benzene ring substituents is 1. The summed E-state index contributed by atoms with van der Waals surface area (Å²) >= 11 is 3.53. The lowest BCUT2D eigenvalue weighted by molar-refractivity contribution is -0.385. The summed E-state index contributed by atoms with van der Waals surface area (Å²) in [7, 11) is 1.94. The summed E-state index contributed by atoms with van der Waals surface area (Å²) in [6.45, 7) is 4.17. The molecule has 0 bridgehead atoms. The van der Waals surface area contributed by atoms with Gasteiger partial charge in [0.25, 0.3) is 5.69 Å². The van der Waals surface area contributed by atoms with E-state index in [4.69, 9.17) is 4.74 Å². The highest BCUT2D eigenvalue weighted by Crippen LogP contribution is 2.56. The molecule has 0 aliphatic carbocycles. The molecule has 7 heteroatoms. The van der Waals surface area contributed by atoms with Crippen LogP contribution < -0.4 is 9.64 Å². The number of aromatic hydroxyl groups is 1. The number of halogens is 1. The first kappa shape index (κ1) is 16.9. The SMILES string of the molecule is CN1c2ccc(Br)cc2C(C)(C)C12C=Cc1cc([N+](=O)[O-])cc(O)c1O2. The fraction of sp³-hybridized carbons (Fsp3) is 0.263. The minimum atomic E-state index is -0.850. The molecular weight excluding hydrogens is 400 g/mol. The molecule has 1 spiro atoms. The van der Waals surface area contributed by atoms with E-state index in [1.807, 2.05) is 30.2 Å². The highest BCUT2D eigenvalue weighted by molar-refractivity contribution is 9.10. The van der Waals surface area contributed by atoms with Crippen LogP contribution in [0.2, 0.25) is 0 Å². The van der Waals surface area contributed by atoms with E-state index in [1.54, 1.807) is 6.08 Å². The summed E-state index contributed by atoms with van der Waals surface area (Å²) < 4.78 is 7.33. The Bertz CT molecular complexity index is 986. The highest BCUT2D eigenvalue weighted by Gasteiger charge is 2.58. The van der Waals surface area contributed by atoms with E-state index >= 15 is 0 Å². The molecule has 2 heterocycles. The maximum atomic E-state index is 11.0. The third-order valence-electron chi connectivity index (χ3n) is 5.43. The molecular formula is C19H17BrN2O4. The van der Waals surface area contributed by atoms with Gasteiger partial charge in [-0.25, -0.2) is 0 Å². The molecule has 0 amide bonds. The van der Waals surface area contributed by atoms with Crippen LogP contribution in [0.15, 0.2) is 40.9 Å². The molecule has 0 saturated heterocycles. The van der Waals surface area contributed by atoms with Crippen LogP contribution in [0.25, 0.3) is 6.08 Å². The molecule has 0 saturated carbocycles. The number of phenols is 1. The van der Waals surface area contributed by atoms with Crippen LogP contribution in [0.4, 0.5) is 11.4 Å². The van der Waals surface area contributed by atoms with Gasteiger partial charge in [0.2, 0.25) is 5.72 Å². The van der Waals surface area contributed by atoms with Gasteiger partial charge in [-0.1, -0.05) is 15.9 Å². The maximum Gasteiger partial charge on any atom is 0.274 e. The molecule has 26 heavy (non-hydrogen) atoms. The fourth-order valence-corrected chi connectivity index (χ4v) is 4.32. The van der Waals surface area contributed by atoms with Gasteiger partial charge >= 0.3 is 0 Å². The summed E-state index contributed by atoms with van der Waals surface area (Å²) in [6, 6.07) is 8.61. The Labute approximate surface area is 159 Å². The molecule has 2 aromatic carbocycles. The van der Waals surface area contributed by atoms with E-state index in [0.29, 0.717) is 5.56 Å². The van der Waals surface area contributed by atoms with Crippen molar-refractivity contribution in [3.8, 4) is 11.5 Å². The standard InChI is InChI=1S/C19H17BrN2O4/c1-18(2)14-9-12(20)4-5-15(14)21(3)19(18)7-6-11-8-13(22(24)25)10-16(23)17(11)26-19/h4-10,23H,1-3H3. The smallest absolute Gasteiger partial charge is 0.274 e. The zero-order chi connectivity index (χ0) is 18.9. The van der Waals surface area contributed by atoms with Crippen molar-refractivity contribution < 1.29 is 14.8 Å². The molecule has 1 atom stereocenters. The van der Waals surface area contributed by atoms with Crippen LogP contribution >= 0.6 is 15.9 Å². The fourth-order valence-electron chi connectivity index (χ4n) is 3.96. The van der Waals surface area contributed by atoms with Crippen molar-refractivity contribution in [2.75, 3.05) is 11.9 Å². The van der Waals surface area contributed by atoms with E-state index < -0.39 is 16.1 Å². The van der Waals surface area contributed by atoms with Crippen molar-refractivity contribution >= 4 is 33.4 Å². The molecule has 134 valence electrons. The molecule has 2 aliphatic rings. The Balaban J connectivity index is 1.88. The first-order chi connectivity index (χ1) is 12.2. The van der Waals surface area contributed by atoms with Gasteiger partial charge in [-0.2, -0.15) is 0 Å². The van der Waals surface area contributed by atoms with Crippen molar-refractivity contribution in [1.29, 1.82) is 0 Å². The Morgan fingerprint density at radius 3 is 2.69 bits per heavy atom. The lowest BCUT2D eigenvalue weighted by Gasteiger charge is -2.45. The van der Waals surface area contributed by atoms with Crippen molar-refractivity contribution in [3.05, 3.63) is 62.1 Å². The summed E-state index contributed by atoms with van der Waals surface area (Å²) in [4.78, 5) is 12.5. The number of anilines is 1. The van der Waals surface area contributed by atoms with Gasteiger partial charge in [0, 0.05) is 28.8 Å². The number of hydrogen-bond donors (Lipinski definition) is 1. The van der Waals surface area contributed by atoms with E-state index in [9.17, 15) is 15.2 Å². The predicted molar refractivity (Wildman–Crippen MR) is 103 cm³/mol. The quantitative estimate of drug-likeness (QED) is 0.543. The van der Waals surface area contributed by atoms with Gasteiger partial charge in [-0.15, -0.1) is 0 Å². The molecule has 0 aromatic heterocycles. The van der Waals surface area contributed by atoms with Crippen LogP contribution in [0.1, 0.15) is 25.0 Å². The number of likely N-dealkylation sites (N-methyl/N-ethyl adjacent to an activating group) is 1. The summed E-state index contributed by atoms with van der Waals surface area (Å²) in [6.07, 6.45) is 3.69. The molecule has 1 N–H and O–H groups in total. The Morgan fingerprint density at radius 1 is 1.27 bits per heavy atom. The summed E-state index contributed by atoms with van der Waals surface area (Å²) in [5.41, 5.74) is 1.19. The first-order valence-corrected chi connectivity index (χ1v) is 8.90. The number of non-ortho nitro benzene ring substituents is 1. The number of nitrogens with zero attached hydrogens (tertiary/aromatic N) is 2. The second kappa shape index (κ2) is 5.23. The maximum absolute atomic E-state index is 11.0. The molecule has 0 fully saturated rings. The minimum Gasteiger partial charge on any atom is -0.504 e. The van der Waals surface area contributed by atoms with Gasteiger partial charge < -0.3 is 14.7 Å². The summed E-state index contributed by atoms with van der Waals surface area (Å²) in [5, 5.41) is 21.4. The average Bonchev–Trinajstić information content (AvgIpc) is 2.74. The van der Waals surface area contributed by atoms with E-state index in [1.165, 1.54) is 6.07 Å². The number of fused-ring (bicyclic) bond motifs is 2. The molecule has 6 nitrogen and oxygen atoms in total. The van der Waals surface area contributed by atoms with Crippen molar-refractivity contribution in [1.82, 2.24) is 0 Å². The van der Waals surface area contributed by atoms with Crippen LogP contribution in [0.5, 0.6) is 11.5 Å². The summed E-state index contributed by atoms with van der Waals surface area (Å²) in [5.74, 6) is 0.0177. The number of rotatable bonds is 1. The lowest BCUT2D eigenvalue weighted by Crippen LogP contribution is -2.58. The molecule has 2 aliphatic heterocycles. The predicted octanol–water partition coefficient (Wildman–Crippen LogP) is 4.59. The number of benzene rings is 2. The van der Waals surface area contributed by atoms with Crippen molar-refractivity contribution in [2.45, 2.75) is 25.0 Å². The second-order valence-corrected chi connectivity index (χ2v) is 8.03. The van der Waals surface area contributed by atoms with E-state index in [0.717, 1.165) is 21.8 Å². The van der Waals surface area contributed by atoms with Crippen LogP contribution in [-0.4, -0.2) is 22.8 Å². The van der Waals surface area contributed by atoms with E-state index in [2.05, 4.69) is 35.8 Å². The number of phenolic OH excluding ortho intramolecular Hbond substituents is 1. The molecule has 0 radical (unpaired) electrons. The number of hydrogen-bond acceptors (Lipinski definition) is 5. The topological polar surface area (TPSA) is 75.8 Å². The number of nitro groups is 1. The third kappa shape index (κ3) is 2.03. The van der Waals surface area contributed by atoms with Crippen LogP contribution in [0.3, 0.4) is 0 Å². The molecule has 2 aromatic rings. The Hall–Kier alpha value is -2.54. The van der Waals surface area contributed by atoms with Gasteiger partial charge in [0.1, 0.15) is 0 Å². The van der Waals surface area contributed by atoms with Gasteiger partial charge in [-0.05, 0) is 49.8 Å². The molecule has 4 rings (SSSR count). The van der Waals surface area contributed by atoms with E-state index in [-0.39, 0.29) is 17.2 Å². The number of ether oxygens (including phenoxy) is 1. The Kier molecular flexibility index (Phi) is 3.40. The zero-order valence-electron chi connectivity index (χ0n) is 14.5. The van der Waals surface area contributed by atoms with Gasteiger partial charge in [0.05, 0.1) is 16.4 Å². The lowest BCUT2D eigenvalue weighted by atomic mass is 9.76. The van der Waals surface area contributed by atoms with Crippen LogP contribution in [0, 0.1) is 10.1 Å². The Morgan fingerprint density at radius 2 is 2.00 bits per heavy atom. The largest absolute Gasteiger partial charge is 0.504 e. The minimum absolute atomic E-state index is 0.170. The highest BCUT2D eigenvalue weighted by atomic mass is 79.9. The zero-order valence-corrected chi connectivity index (χ0v) is 16.1. The monoisotopic (exact) mass is 416 g/mol. The van der Waals surface area contributed by atoms with Gasteiger partial charge in [-0.3, -0.25) is 10.1 Å². The normalized spacial score (nSPS) is 22.1. The van der Waals surface area contributed by atoms with Gasteiger partial charge in [0.15, 0.2) is 11.5 Å². The third-order valence-corrected chi connectivity index (χ3v) is 5.92.